The van der Waals surface area contributed by atoms with E-state index in [1.54, 1.807) is 11.9 Å². The SMILES string of the molecule is CN(CC1C[C@@H]1CCO)C(=O)OCc1ccccc1. The summed E-state index contributed by atoms with van der Waals surface area (Å²) in [6, 6.07) is 9.66. The van der Waals surface area contributed by atoms with Gasteiger partial charge in [0.2, 0.25) is 0 Å². The van der Waals surface area contributed by atoms with Gasteiger partial charge in [-0.25, -0.2) is 4.79 Å². The van der Waals surface area contributed by atoms with Gasteiger partial charge in [0.25, 0.3) is 0 Å². The molecule has 1 aromatic carbocycles. The van der Waals surface area contributed by atoms with E-state index in [4.69, 9.17) is 9.84 Å². The summed E-state index contributed by atoms with van der Waals surface area (Å²) >= 11 is 0. The Labute approximate surface area is 114 Å². The molecule has 0 heterocycles. The maximum Gasteiger partial charge on any atom is 0.409 e. The van der Waals surface area contributed by atoms with Crippen molar-refractivity contribution >= 4 is 6.09 Å². The largest absolute Gasteiger partial charge is 0.445 e. The number of hydrogen-bond acceptors (Lipinski definition) is 3. The number of carbonyl (C=O) groups excluding carboxylic acids is 1. The van der Waals surface area contributed by atoms with Gasteiger partial charge in [-0.3, -0.25) is 0 Å². The number of amides is 1. The molecule has 1 aromatic rings. The minimum Gasteiger partial charge on any atom is -0.445 e. The normalized spacial score (nSPS) is 20.9. The van der Waals surface area contributed by atoms with Gasteiger partial charge in [-0.1, -0.05) is 30.3 Å². The van der Waals surface area contributed by atoms with E-state index in [2.05, 4.69) is 0 Å². The number of rotatable bonds is 6. The number of benzene rings is 1. The molecule has 19 heavy (non-hydrogen) atoms. The van der Waals surface area contributed by atoms with E-state index in [0.29, 0.717) is 18.4 Å². The van der Waals surface area contributed by atoms with E-state index < -0.39 is 0 Å². The molecule has 4 heteroatoms. The van der Waals surface area contributed by atoms with Gasteiger partial charge < -0.3 is 14.7 Å². The zero-order chi connectivity index (χ0) is 13.7. The standard InChI is InChI=1S/C15H21NO3/c1-16(10-14-9-13(14)7-8-17)15(18)19-11-12-5-3-2-4-6-12/h2-6,13-14,17H,7-11H2,1H3/t13-,14?/m0/s1. The van der Waals surface area contributed by atoms with E-state index in [0.717, 1.165) is 24.9 Å². The van der Waals surface area contributed by atoms with E-state index in [-0.39, 0.29) is 12.7 Å². The predicted octanol–water partition coefficient (Wildman–Crippen LogP) is 2.27. The number of aliphatic hydroxyl groups excluding tert-OH is 1. The third-order valence-corrected chi connectivity index (χ3v) is 3.59. The van der Waals surface area contributed by atoms with Crippen LogP contribution in [0.2, 0.25) is 0 Å². The van der Waals surface area contributed by atoms with Gasteiger partial charge in [0, 0.05) is 20.2 Å². The number of carbonyl (C=O) groups is 1. The highest BCUT2D eigenvalue weighted by Crippen LogP contribution is 2.41. The van der Waals surface area contributed by atoms with Crippen LogP contribution < -0.4 is 0 Å². The van der Waals surface area contributed by atoms with Gasteiger partial charge in [-0.15, -0.1) is 0 Å². The maximum absolute atomic E-state index is 11.8. The molecule has 0 radical (unpaired) electrons. The smallest absolute Gasteiger partial charge is 0.409 e. The van der Waals surface area contributed by atoms with Crippen molar-refractivity contribution in [2.75, 3.05) is 20.2 Å². The van der Waals surface area contributed by atoms with Gasteiger partial charge in [-0.2, -0.15) is 0 Å². The van der Waals surface area contributed by atoms with Crippen LogP contribution in [0.5, 0.6) is 0 Å². The molecule has 1 saturated carbocycles. The van der Waals surface area contributed by atoms with Crippen LogP contribution in [-0.2, 0) is 11.3 Å². The van der Waals surface area contributed by atoms with Crippen LogP contribution in [0.15, 0.2) is 30.3 Å². The molecule has 1 amide bonds. The van der Waals surface area contributed by atoms with Crippen LogP contribution in [0, 0.1) is 11.8 Å². The molecular weight excluding hydrogens is 242 g/mol. The van der Waals surface area contributed by atoms with E-state index in [1.165, 1.54) is 0 Å². The first kappa shape index (κ1) is 13.9. The molecule has 1 N–H and O–H groups in total. The van der Waals surface area contributed by atoms with E-state index >= 15 is 0 Å². The highest BCUT2D eigenvalue weighted by atomic mass is 16.6. The molecular formula is C15H21NO3. The van der Waals surface area contributed by atoms with Crippen molar-refractivity contribution in [3.05, 3.63) is 35.9 Å². The number of nitrogens with zero attached hydrogens (tertiary/aromatic N) is 1. The molecule has 2 atom stereocenters. The first-order valence-electron chi connectivity index (χ1n) is 6.73. The van der Waals surface area contributed by atoms with E-state index in [9.17, 15) is 4.79 Å². The van der Waals surface area contributed by atoms with Crippen molar-refractivity contribution in [2.24, 2.45) is 11.8 Å². The maximum atomic E-state index is 11.8. The average Bonchev–Trinajstić information content (AvgIpc) is 3.15. The van der Waals surface area contributed by atoms with Gasteiger partial charge >= 0.3 is 6.09 Å². The van der Waals surface area contributed by atoms with Gasteiger partial charge in [0.15, 0.2) is 0 Å². The van der Waals surface area contributed by atoms with Crippen molar-refractivity contribution in [3.8, 4) is 0 Å². The fourth-order valence-electron chi connectivity index (χ4n) is 2.31. The Bertz CT molecular complexity index is 407. The van der Waals surface area contributed by atoms with Crippen LogP contribution in [0.1, 0.15) is 18.4 Å². The van der Waals surface area contributed by atoms with Crippen molar-refractivity contribution in [2.45, 2.75) is 19.4 Å². The summed E-state index contributed by atoms with van der Waals surface area (Å²) in [5.41, 5.74) is 0.994. The van der Waals surface area contributed by atoms with Crippen molar-refractivity contribution in [1.29, 1.82) is 0 Å². The third-order valence-electron chi connectivity index (χ3n) is 3.59. The van der Waals surface area contributed by atoms with E-state index in [1.807, 2.05) is 30.3 Å². The second-order valence-electron chi connectivity index (χ2n) is 5.19. The minimum atomic E-state index is -0.279. The van der Waals surface area contributed by atoms with Gasteiger partial charge in [0.05, 0.1) is 0 Å². The fourth-order valence-corrected chi connectivity index (χ4v) is 2.31. The Hall–Kier alpha value is -1.55. The van der Waals surface area contributed by atoms with Crippen LogP contribution >= 0.6 is 0 Å². The molecule has 0 bridgehead atoms. The van der Waals surface area contributed by atoms with Crippen LogP contribution in [0.4, 0.5) is 4.79 Å². The minimum absolute atomic E-state index is 0.239. The lowest BCUT2D eigenvalue weighted by molar-refractivity contribution is 0.103. The van der Waals surface area contributed by atoms with Crippen LogP contribution in [-0.4, -0.2) is 36.3 Å². The Morgan fingerprint density at radius 3 is 2.79 bits per heavy atom. The summed E-state index contributed by atoms with van der Waals surface area (Å²) in [5, 5.41) is 8.84. The van der Waals surface area contributed by atoms with Crippen molar-refractivity contribution in [3.63, 3.8) is 0 Å². The zero-order valence-corrected chi connectivity index (χ0v) is 11.3. The first-order valence-corrected chi connectivity index (χ1v) is 6.73. The van der Waals surface area contributed by atoms with Crippen LogP contribution in [0.3, 0.4) is 0 Å². The number of aliphatic hydroxyl groups is 1. The summed E-state index contributed by atoms with van der Waals surface area (Å²) < 4.78 is 5.25. The summed E-state index contributed by atoms with van der Waals surface area (Å²) in [7, 11) is 1.77. The molecule has 0 aromatic heterocycles. The highest BCUT2D eigenvalue weighted by molar-refractivity contribution is 5.67. The second kappa shape index (κ2) is 6.57. The average molecular weight is 263 g/mol. The van der Waals surface area contributed by atoms with Gasteiger partial charge in [-0.05, 0) is 30.2 Å². The first-order chi connectivity index (χ1) is 9.20. The molecule has 2 rings (SSSR count). The summed E-state index contributed by atoms with van der Waals surface area (Å²) in [6.07, 6.45) is 1.67. The van der Waals surface area contributed by atoms with Crippen molar-refractivity contribution < 1.29 is 14.6 Å². The molecule has 1 aliphatic carbocycles. The molecule has 1 unspecified atom stereocenters. The van der Waals surface area contributed by atoms with Crippen LogP contribution in [0.25, 0.3) is 0 Å². The zero-order valence-electron chi connectivity index (χ0n) is 11.3. The second-order valence-corrected chi connectivity index (χ2v) is 5.19. The number of hydrogen-bond donors (Lipinski definition) is 1. The van der Waals surface area contributed by atoms with Gasteiger partial charge in [0.1, 0.15) is 6.61 Å². The Kier molecular flexibility index (Phi) is 4.80. The highest BCUT2D eigenvalue weighted by Gasteiger charge is 2.37. The molecule has 0 spiro atoms. The lowest BCUT2D eigenvalue weighted by Gasteiger charge is -2.17. The Morgan fingerprint density at radius 1 is 1.37 bits per heavy atom. The summed E-state index contributed by atoms with van der Waals surface area (Å²) in [4.78, 5) is 13.4. The fraction of sp³-hybridized carbons (Fsp3) is 0.533. The third kappa shape index (κ3) is 4.24. The lowest BCUT2D eigenvalue weighted by atomic mass is 10.2. The quantitative estimate of drug-likeness (QED) is 0.856. The topological polar surface area (TPSA) is 49.8 Å². The lowest BCUT2D eigenvalue weighted by Crippen LogP contribution is -2.29. The summed E-state index contributed by atoms with van der Waals surface area (Å²) in [6.45, 7) is 1.27. The predicted molar refractivity (Wildman–Crippen MR) is 72.6 cm³/mol. The molecule has 4 nitrogen and oxygen atoms in total. The Balaban J connectivity index is 1.68. The molecule has 1 aliphatic rings. The molecule has 0 saturated heterocycles. The monoisotopic (exact) mass is 263 g/mol. The molecule has 1 fully saturated rings. The molecule has 0 aliphatic heterocycles. The molecule has 104 valence electrons. The Morgan fingerprint density at radius 2 is 2.11 bits per heavy atom. The van der Waals surface area contributed by atoms with Crippen molar-refractivity contribution in [1.82, 2.24) is 4.90 Å². The summed E-state index contributed by atoms with van der Waals surface area (Å²) in [5.74, 6) is 1.11. The number of ether oxygens (including phenoxy) is 1.